The molecule has 1 aromatic carbocycles. The maximum absolute atomic E-state index is 11.5. The van der Waals surface area contributed by atoms with Gasteiger partial charge in [0.05, 0.1) is 4.92 Å². The average molecular weight is 336 g/mol. The number of hydrogen-bond acceptors (Lipinski definition) is 6. The van der Waals surface area contributed by atoms with Crippen LogP contribution < -0.4 is 10.6 Å². The normalized spacial score (nSPS) is 11.8. The Morgan fingerprint density at radius 3 is 2.70 bits per heavy atom. The predicted molar refractivity (Wildman–Crippen MR) is 91.5 cm³/mol. The van der Waals surface area contributed by atoms with Gasteiger partial charge in [-0.05, 0) is 38.0 Å². The summed E-state index contributed by atoms with van der Waals surface area (Å²) < 4.78 is 0. The van der Waals surface area contributed by atoms with Crippen LogP contribution in [0, 0.1) is 17.0 Å². The highest BCUT2D eigenvalue weighted by molar-refractivity contribution is 6.31. The second-order valence-electron chi connectivity index (χ2n) is 5.17. The van der Waals surface area contributed by atoms with Crippen molar-refractivity contribution < 1.29 is 4.92 Å². The number of benzene rings is 1. The van der Waals surface area contributed by atoms with Gasteiger partial charge in [-0.3, -0.25) is 10.1 Å². The highest BCUT2D eigenvalue weighted by atomic mass is 35.5. The van der Waals surface area contributed by atoms with Gasteiger partial charge in [0.1, 0.15) is 6.33 Å². The van der Waals surface area contributed by atoms with Crippen LogP contribution in [-0.2, 0) is 0 Å². The number of hydrogen-bond donors (Lipinski definition) is 2. The zero-order valence-electron chi connectivity index (χ0n) is 13.1. The lowest BCUT2D eigenvalue weighted by Gasteiger charge is -2.14. The van der Waals surface area contributed by atoms with Gasteiger partial charge in [0.2, 0.25) is 11.6 Å². The van der Waals surface area contributed by atoms with E-state index in [0.29, 0.717) is 10.7 Å². The molecule has 0 radical (unpaired) electrons. The van der Waals surface area contributed by atoms with Crippen LogP contribution in [0.1, 0.15) is 25.8 Å². The Balaban J connectivity index is 2.44. The molecule has 7 nitrogen and oxygen atoms in total. The number of aromatic nitrogens is 2. The summed E-state index contributed by atoms with van der Waals surface area (Å²) in [5.74, 6) is 0.322. The van der Waals surface area contributed by atoms with Crippen molar-refractivity contribution in [3.05, 3.63) is 45.2 Å². The molecule has 23 heavy (non-hydrogen) atoms. The Morgan fingerprint density at radius 1 is 1.35 bits per heavy atom. The molecule has 1 unspecified atom stereocenters. The van der Waals surface area contributed by atoms with Crippen LogP contribution in [-0.4, -0.2) is 20.9 Å². The van der Waals surface area contributed by atoms with Gasteiger partial charge >= 0.3 is 5.69 Å². The first-order chi connectivity index (χ1) is 10.9. The molecule has 0 amide bonds. The average Bonchev–Trinajstić information content (AvgIpc) is 2.51. The van der Waals surface area contributed by atoms with E-state index in [2.05, 4.69) is 20.6 Å². The standard InChI is InChI=1S/C15H18ClN5O2/c1-4-9(2)19-14-13(21(22)23)15(18-8-17-14)20-12-7-5-6-11(16)10(12)3/h5-9H,4H2,1-3H3,(H2,17,18,19,20). The lowest BCUT2D eigenvalue weighted by atomic mass is 10.2. The maximum atomic E-state index is 11.5. The summed E-state index contributed by atoms with van der Waals surface area (Å²) in [5, 5.41) is 18.1. The molecule has 8 heteroatoms. The Morgan fingerprint density at radius 2 is 2.04 bits per heavy atom. The third-order valence-corrected chi connectivity index (χ3v) is 3.93. The highest BCUT2D eigenvalue weighted by Crippen LogP contribution is 2.33. The van der Waals surface area contributed by atoms with E-state index < -0.39 is 4.92 Å². The van der Waals surface area contributed by atoms with Crippen LogP contribution in [0.15, 0.2) is 24.5 Å². The molecule has 0 aliphatic rings. The molecule has 0 bridgehead atoms. The van der Waals surface area contributed by atoms with Crippen molar-refractivity contribution >= 4 is 34.6 Å². The van der Waals surface area contributed by atoms with Gasteiger partial charge in [-0.2, -0.15) is 0 Å². The Hall–Kier alpha value is -2.41. The van der Waals surface area contributed by atoms with Crippen molar-refractivity contribution in [1.82, 2.24) is 9.97 Å². The molecule has 0 saturated heterocycles. The van der Waals surface area contributed by atoms with Crippen molar-refractivity contribution in [1.29, 1.82) is 0 Å². The molecule has 1 aromatic heterocycles. The van der Waals surface area contributed by atoms with Gasteiger partial charge in [0.25, 0.3) is 0 Å². The summed E-state index contributed by atoms with van der Waals surface area (Å²) in [7, 11) is 0. The predicted octanol–water partition coefficient (Wildman–Crippen LogP) is 4.30. The summed E-state index contributed by atoms with van der Waals surface area (Å²) >= 11 is 6.08. The molecule has 1 heterocycles. The topological polar surface area (TPSA) is 93.0 Å². The van der Waals surface area contributed by atoms with E-state index in [1.165, 1.54) is 6.33 Å². The first-order valence-corrected chi connectivity index (χ1v) is 7.59. The van der Waals surface area contributed by atoms with Crippen LogP contribution in [0.2, 0.25) is 5.02 Å². The van der Waals surface area contributed by atoms with Crippen molar-refractivity contribution in [2.45, 2.75) is 33.2 Å². The minimum absolute atomic E-state index is 0.0596. The molecule has 0 spiro atoms. The lowest BCUT2D eigenvalue weighted by molar-refractivity contribution is -0.383. The fourth-order valence-electron chi connectivity index (χ4n) is 1.95. The van der Waals surface area contributed by atoms with Crippen molar-refractivity contribution in [3.8, 4) is 0 Å². The van der Waals surface area contributed by atoms with Crippen molar-refractivity contribution in [3.63, 3.8) is 0 Å². The number of anilines is 3. The van der Waals surface area contributed by atoms with Gasteiger partial charge in [0.15, 0.2) is 0 Å². The lowest BCUT2D eigenvalue weighted by Crippen LogP contribution is -2.16. The van der Waals surface area contributed by atoms with E-state index in [0.717, 1.165) is 12.0 Å². The van der Waals surface area contributed by atoms with E-state index >= 15 is 0 Å². The molecule has 2 N–H and O–H groups in total. The summed E-state index contributed by atoms with van der Waals surface area (Å²) in [6, 6.07) is 5.37. The van der Waals surface area contributed by atoms with Crippen molar-refractivity contribution in [2.24, 2.45) is 0 Å². The van der Waals surface area contributed by atoms with Crippen molar-refractivity contribution in [2.75, 3.05) is 10.6 Å². The molecule has 2 rings (SSSR count). The summed E-state index contributed by atoms with van der Waals surface area (Å²) in [4.78, 5) is 19.0. The smallest absolute Gasteiger partial charge is 0.353 e. The van der Waals surface area contributed by atoms with Crippen LogP contribution in [0.5, 0.6) is 0 Å². The molecule has 0 aliphatic carbocycles. The van der Waals surface area contributed by atoms with Crippen LogP contribution >= 0.6 is 11.6 Å². The van der Waals surface area contributed by atoms with Gasteiger partial charge in [-0.25, -0.2) is 9.97 Å². The largest absolute Gasteiger partial charge is 0.362 e. The molecule has 2 aromatic rings. The Bertz CT molecular complexity index is 723. The first kappa shape index (κ1) is 17.0. The van der Waals surface area contributed by atoms with Crippen LogP contribution in [0.25, 0.3) is 0 Å². The van der Waals surface area contributed by atoms with Gasteiger partial charge in [-0.15, -0.1) is 0 Å². The van der Waals surface area contributed by atoms with E-state index in [-0.39, 0.29) is 23.4 Å². The Labute approximate surface area is 139 Å². The quantitative estimate of drug-likeness (QED) is 0.604. The fourth-order valence-corrected chi connectivity index (χ4v) is 2.13. The second kappa shape index (κ2) is 7.23. The summed E-state index contributed by atoms with van der Waals surface area (Å²) in [6.45, 7) is 5.75. The molecular formula is C15H18ClN5O2. The number of nitrogens with zero attached hydrogens (tertiary/aromatic N) is 3. The third kappa shape index (κ3) is 3.87. The van der Waals surface area contributed by atoms with E-state index in [1.54, 1.807) is 18.2 Å². The molecule has 0 fully saturated rings. The summed E-state index contributed by atoms with van der Waals surface area (Å²) in [6.07, 6.45) is 2.11. The zero-order chi connectivity index (χ0) is 17.0. The van der Waals surface area contributed by atoms with Crippen LogP contribution in [0.4, 0.5) is 23.0 Å². The SMILES string of the molecule is CCC(C)Nc1ncnc(Nc2cccc(Cl)c2C)c1[N+](=O)[O-]. The maximum Gasteiger partial charge on any atom is 0.353 e. The fraction of sp³-hybridized carbons (Fsp3) is 0.333. The highest BCUT2D eigenvalue weighted by Gasteiger charge is 2.24. The third-order valence-electron chi connectivity index (χ3n) is 3.52. The second-order valence-corrected chi connectivity index (χ2v) is 5.57. The molecule has 0 aliphatic heterocycles. The molecule has 1 atom stereocenters. The van der Waals surface area contributed by atoms with E-state index in [9.17, 15) is 10.1 Å². The number of nitro groups is 1. The number of rotatable bonds is 6. The monoisotopic (exact) mass is 335 g/mol. The molecule has 122 valence electrons. The summed E-state index contributed by atoms with van der Waals surface area (Å²) in [5.41, 5.74) is 1.26. The Kier molecular flexibility index (Phi) is 5.33. The van der Waals surface area contributed by atoms with Gasteiger partial charge in [-0.1, -0.05) is 24.6 Å². The van der Waals surface area contributed by atoms with Gasteiger partial charge in [0, 0.05) is 16.8 Å². The first-order valence-electron chi connectivity index (χ1n) is 7.22. The van der Waals surface area contributed by atoms with Crippen LogP contribution in [0.3, 0.4) is 0 Å². The number of nitrogens with one attached hydrogen (secondary N) is 2. The minimum Gasteiger partial charge on any atom is -0.362 e. The van der Waals surface area contributed by atoms with E-state index in [4.69, 9.17) is 11.6 Å². The zero-order valence-corrected chi connectivity index (χ0v) is 13.9. The molecule has 0 saturated carbocycles. The number of halogens is 1. The van der Waals surface area contributed by atoms with Gasteiger partial charge < -0.3 is 10.6 Å². The minimum atomic E-state index is -0.493. The van der Waals surface area contributed by atoms with E-state index in [1.807, 2.05) is 20.8 Å². The molecular weight excluding hydrogens is 318 g/mol.